The Morgan fingerprint density at radius 2 is 2.17 bits per heavy atom. The van der Waals surface area contributed by atoms with Crippen LogP contribution in [0.2, 0.25) is 0 Å². The Morgan fingerprint density at radius 3 is 3.00 bits per heavy atom. The normalized spacial score (nSPS) is 22.6. The summed E-state index contributed by atoms with van der Waals surface area (Å²) >= 11 is 0. The van der Waals surface area contributed by atoms with E-state index in [0.29, 0.717) is 18.7 Å². The summed E-state index contributed by atoms with van der Waals surface area (Å²) in [5.41, 5.74) is 8.20. The van der Waals surface area contributed by atoms with E-state index in [4.69, 9.17) is 5.73 Å². The molecule has 0 saturated carbocycles. The van der Waals surface area contributed by atoms with Crippen LogP contribution in [0.5, 0.6) is 5.75 Å². The zero-order valence-corrected chi connectivity index (χ0v) is 13.3. The third-order valence-electron chi connectivity index (χ3n) is 5.09. The number of aromatic hydroxyl groups is 1. The molecule has 2 aromatic rings. The molecule has 24 heavy (non-hydrogen) atoms. The van der Waals surface area contributed by atoms with E-state index in [0.717, 1.165) is 36.9 Å². The highest BCUT2D eigenvalue weighted by Crippen LogP contribution is 2.44. The van der Waals surface area contributed by atoms with Crippen LogP contribution in [0.3, 0.4) is 0 Å². The number of aromatic nitrogens is 3. The zero-order valence-electron chi connectivity index (χ0n) is 13.3. The number of pyridine rings is 1. The van der Waals surface area contributed by atoms with Crippen LogP contribution in [0.25, 0.3) is 0 Å². The maximum atomic E-state index is 12.8. The quantitative estimate of drug-likeness (QED) is 0.818. The highest BCUT2D eigenvalue weighted by atomic mass is 16.3. The largest absolute Gasteiger partial charge is 0.506 e. The van der Waals surface area contributed by atoms with Gasteiger partial charge in [0.25, 0.3) is 5.91 Å². The lowest BCUT2D eigenvalue weighted by Gasteiger charge is -2.40. The van der Waals surface area contributed by atoms with Crippen LogP contribution in [0.15, 0.2) is 24.7 Å². The minimum atomic E-state index is -0.134. The fourth-order valence-electron chi connectivity index (χ4n) is 3.98. The van der Waals surface area contributed by atoms with Crippen molar-refractivity contribution < 1.29 is 9.90 Å². The molecule has 0 aromatic carbocycles. The van der Waals surface area contributed by atoms with Crippen LogP contribution in [-0.4, -0.2) is 44.0 Å². The number of piperidine rings is 1. The van der Waals surface area contributed by atoms with Crippen molar-refractivity contribution in [3.63, 3.8) is 0 Å². The van der Waals surface area contributed by atoms with Crippen LogP contribution >= 0.6 is 0 Å². The molecule has 1 spiro atoms. The van der Waals surface area contributed by atoms with Crippen molar-refractivity contribution >= 4 is 11.9 Å². The van der Waals surface area contributed by atoms with E-state index < -0.39 is 0 Å². The van der Waals surface area contributed by atoms with Crippen LogP contribution < -0.4 is 5.73 Å². The van der Waals surface area contributed by atoms with Crippen molar-refractivity contribution in [3.8, 4) is 5.75 Å². The van der Waals surface area contributed by atoms with Crippen molar-refractivity contribution in [2.75, 3.05) is 18.8 Å². The van der Waals surface area contributed by atoms with Crippen molar-refractivity contribution in [1.29, 1.82) is 0 Å². The standard InChI is InChI=1S/C17H19N5O2/c18-16-20-8-11-2-4-17(14(11)21-16)3-1-5-22(10-17)15(24)12-6-13(23)9-19-7-12/h6-9,23H,1-5,10H2,(H2,18,20,21). The van der Waals surface area contributed by atoms with Gasteiger partial charge in [0.15, 0.2) is 0 Å². The van der Waals surface area contributed by atoms with E-state index >= 15 is 0 Å². The summed E-state index contributed by atoms with van der Waals surface area (Å²) in [5.74, 6) is 0.183. The van der Waals surface area contributed by atoms with Crippen molar-refractivity contribution in [1.82, 2.24) is 19.9 Å². The van der Waals surface area contributed by atoms with Gasteiger partial charge in [0, 0.05) is 30.9 Å². The highest BCUT2D eigenvalue weighted by molar-refractivity contribution is 5.94. The Balaban J connectivity index is 1.64. The first-order valence-corrected chi connectivity index (χ1v) is 8.13. The molecule has 0 radical (unpaired) electrons. The van der Waals surface area contributed by atoms with Crippen molar-refractivity contribution in [2.24, 2.45) is 0 Å². The lowest BCUT2D eigenvalue weighted by Crippen LogP contribution is -2.48. The van der Waals surface area contributed by atoms with Crippen molar-refractivity contribution in [3.05, 3.63) is 41.5 Å². The summed E-state index contributed by atoms with van der Waals surface area (Å²) in [4.78, 5) is 27.1. The number of likely N-dealkylation sites (tertiary alicyclic amines) is 1. The minimum absolute atomic E-state index is 0.000649. The number of nitrogens with two attached hydrogens (primary N) is 1. The molecule has 1 saturated heterocycles. The van der Waals surface area contributed by atoms with Crippen LogP contribution in [0.1, 0.15) is 40.9 Å². The topological polar surface area (TPSA) is 105 Å². The van der Waals surface area contributed by atoms with Gasteiger partial charge in [-0.15, -0.1) is 0 Å². The molecule has 1 amide bonds. The lowest BCUT2D eigenvalue weighted by molar-refractivity contribution is 0.0632. The van der Waals surface area contributed by atoms with Gasteiger partial charge < -0.3 is 15.7 Å². The van der Waals surface area contributed by atoms with Gasteiger partial charge in [0.2, 0.25) is 5.95 Å². The van der Waals surface area contributed by atoms with Crippen LogP contribution in [0, 0.1) is 0 Å². The van der Waals surface area contributed by atoms with E-state index in [1.165, 1.54) is 18.5 Å². The summed E-state index contributed by atoms with van der Waals surface area (Å²) in [6.07, 6.45) is 8.42. The third kappa shape index (κ3) is 2.36. The molecule has 1 fully saturated rings. The van der Waals surface area contributed by atoms with E-state index in [1.807, 2.05) is 11.1 Å². The lowest BCUT2D eigenvalue weighted by atomic mass is 9.77. The molecule has 2 aliphatic rings. The first-order valence-electron chi connectivity index (χ1n) is 8.13. The second kappa shape index (κ2) is 5.43. The highest BCUT2D eigenvalue weighted by Gasteiger charge is 2.44. The summed E-state index contributed by atoms with van der Waals surface area (Å²) in [5, 5.41) is 9.56. The molecule has 124 valence electrons. The Labute approximate surface area is 139 Å². The molecule has 1 unspecified atom stereocenters. The number of hydrogen-bond donors (Lipinski definition) is 2. The van der Waals surface area contributed by atoms with Crippen LogP contribution in [-0.2, 0) is 11.8 Å². The average molecular weight is 325 g/mol. The van der Waals surface area contributed by atoms with Gasteiger partial charge in [0.05, 0.1) is 17.5 Å². The summed E-state index contributed by atoms with van der Waals surface area (Å²) in [6, 6.07) is 1.46. The van der Waals surface area contributed by atoms with E-state index in [1.54, 1.807) is 0 Å². The number of carbonyl (C=O) groups excluding carboxylic acids is 1. The molecular weight excluding hydrogens is 306 g/mol. The number of rotatable bonds is 1. The van der Waals surface area contributed by atoms with Gasteiger partial charge in [-0.25, -0.2) is 9.97 Å². The molecule has 4 rings (SSSR count). The summed E-state index contributed by atoms with van der Waals surface area (Å²) in [7, 11) is 0. The Kier molecular flexibility index (Phi) is 3.37. The maximum absolute atomic E-state index is 12.8. The minimum Gasteiger partial charge on any atom is -0.506 e. The number of hydrogen-bond acceptors (Lipinski definition) is 6. The van der Waals surface area contributed by atoms with Gasteiger partial charge >= 0.3 is 0 Å². The van der Waals surface area contributed by atoms with Gasteiger partial charge in [-0.1, -0.05) is 0 Å². The number of amides is 1. The summed E-state index contributed by atoms with van der Waals surface area (Å²) in [6.45, 7) is 1.32. The molecule has 7 nitrogen and oxygen atoms in total. The SMILES string of the molecule is Nc1ncc2c(n1)C1(CCCN(C(=O)c3cncc(O)c3)C1)CC2. The Hall–Kier alpha value is -2.70. The molecule has 7 heteroatoms. The molecular formula is C17H19N5O2. The molecule has 1 aliphatic carbocycles. The van der Waals surface area contributed by atoms with E-state index in [2.05, 4.69) is 15.0 Å². The second-order valence-corrected chi connectivity index (χ2v) is 6.64. The molecule has 3 heterocycles. The van der Waals surface area contributed by atoms with Crippen molar-refractivity contribution in [2.45, 2.75) is 31.1 Å². The van der Waals surface area contributed by atoms with E-state index in [9.17, 15) is 9.90 Å². The van der Waals surface area contributed by atoms with Gasteiger partial charge in [-0.05, 0) is 37.3 Å². The van der Waals surface area contributed by atoms with Gasteiger partial charge in [-0.2, -0.15) is 0 Å². The Bertz CT molecular complexity index is 805. The number of carbonyl (C=O) groups is 1. The fraction of sp³-hybridized carbons (Fsp3) is 0.412. The van der Waals surface area contributed by atoms with E-state index in [-0.39, 0.29) is 23.0 Å². The summed E-state index contributed by atoms with van der Waals surface area (Å²) < 4.78 is 0. The number of anilines is 1. The first-order chi connectivity index (χ1) is 11.6. The predicted octanol–water partition coefficient (Wildman–Crippen LogP) is 1.28. The van der Waals surface area contributed by atoms with Crippen LogP contribution in [0.4, 0.5) is 5.95 Å². The third-order valence-corrected chi connectivity index (χ3v) is 5.09. The number of nitrogen functional groups attached to an aromatic ring is 1. The first kappa shape index (κ1) is 14.9. The maximum Gasteiger partial charge on any atom is 0.255 e. The molecule has 0 bridgehead atoms. The zero-order chi connectivity index (χ0) is 16.7. The number of aryl methyl sites for hydroxylation is 1. The number of fused-ring (bicyclic) bond motifs is 2. The molecule has 1 atom stereocenters. The van der Waals surface area contributed by atoms with Gasteiger partial charge in [-0.3, -0.25) is 9.78 Å². The molecule has 3 N–H and O–H groups in total. The molecule has 2 aromatic heterocycles. The monoisotopic (exact) mass is 325 g/mol. The second-order valence-electron chi connectivity index (χ2n) is 6.64. The smallest absolute Gasteiger partial charge is 0.255 e. The fourth-order valence-corrected chi connectivity index (χ4v) is 3.98. The average Bonchev–Trinajstić information content (AvgIpc) is 2.92. The molecule has 1 aliphatic heterocycles. The van der Waals surface area contributed by atoms with Gasteiger partial charge in [0.1, 0.15) is 5.75 Å². The number of nitrogens with zero attached hydrogens (tertiary/aromatic N) is 4. The Morgan fingerprint density at radius 1 is 1.29 bits per heavy atom. The predicted molar refractivity (Wildman–Crippen MR) is 87.5 cm³/mol.